The smallest absolute Gasteiger partial charge is 0.154 e. The summed E-state index contributed by atoms with van der Waals surface area (Å²) in [4.78, 5) is 0. The molecule has 0 amide bonds. The van der Waals surface area contributed by atoms with Crippen molar-refractivity contribution in [3.05, 3.63) is 57.4 Å². The summed E-state index contributed by atoms with van der Waals surface area (Å²) < 4.78 is 14.2. The Kier molecular flexibility index (Phi) is 3.20. The lowest BCUT2D eigenvalue weighted by Crippen LogP contribution is -1.92. The van der Waals surface area contributed by atoms with Crippen molar-refractivity contribution in [3.63, 3.8) is 0 Å². The summed E-state index contributed by atoms with van der Waals surface area (Å²) in [7, 11) is 0. The Balaban J connectivity index is 2.68. The fourth-order valence-corrected chi connectivity index (χ4v) is 1.97. The van der Waals surface area contributed by atoms with E-state index in [1.54, 1.807) is 12.1 Å². The quantitative estimate of drug-likeness (QED) is 0.729. The number of halogens is 2. The highest BCUT2D eigenvalue weighted by Crippen LogP contribution is 2.27. The van der Waals surface area contributed by atoms with Crippen LogP contribution in [0, 0.1) is 20.7 Å². The summed E-state index contributed by atoms with van der Waals surface area (Å²) >= 11 is 1.88. The summed E-state index contributed by atoms with van der Waals surface area (Å²) in [5, 5.41) is 8.99. The molecule has 0 aliphatic carbocycles. The van der Waals surface area contributed by atoms with Crippen molar-refractivity contribution in [1.29, 1.82) is 5.26 Å². The molecule has 78 valence electrons. The summed E-state index contributed by atoms with van der Waals surface area (Å²) in [6.45, 7) is 0. The van der Waals surface area contributed by atoms with Gasteiger partial charge in [-0.05, 0) is 34.2 Å². The lowest BCUT2D eigenvalue weighted by atomic mass is 10.0. The predicted molar refractivity (Wildman–Crippen MR) is 69.3 cm³/mol. The maximum atomic E-state index is 13.7. The van der Waals surface area contributed by atoms with Gasteiger partial charge in [-0.1, -0.05) is 36.4 Å². The number of rotatable bonds is 1. The van der Waals surface area contributed by atoms with Gasteiger partial charge in [-0.25, -0.2) is 4.39 Å². The Bertz CT molecular complexity index is 558. The molecule has 0 unspecified atom stereocenters. The molecule has 0 aliphatic heterocycles. The van der Waals surface area contributed by atoms with Gasteiger partial charge in [0.1, 0.15) is 6.07 Å². The lowest BCUT2D eigenvalue weighted by molar-refractivity contribution is 0.617. The minimum absolute atomic E-state index is 0.109. The van der Waals surface area contributed by atoms with E-state index in [1.807, 2.05) is 59.0 Å². The molecule has 2 aromatic carbocycles. The minimum atomic E-state index is -0.440. The van der Waals surface area contributed by atoms with Crippen LogP contribution in [0.15, 0.2) is 42.5 Å². The van der Waals surface area contributed by atoms with Gasteiger partial charge >= 0.3 is 0 Å². The van der Waals surface area contributed by atoms with Crippen LogP contribution in [0.5, 0.6) is 0 Å². The third-order valence-corrected chi connectivity index (χ3v) is 3.12. The molecule has 3 heteroatoms. The van der Waals surface area contributed by atoms with Crippen LogP contribution in [-0.4, -0.2) is 0 Å². The van der Waals surface area contributed by atoms with Crippen molar-refractivity contribution in [1.82, 2.24) is 0 Å². The molecule has 0 fully saturated rings. The Morgan fingerprint density at radius 1 is 1.06 bits per heavy atom. The van der Waals surface area contributed by atoms with Gasteiger partial charge in [-0.3, -0.25) is 0 Å². The first-order valence-corrected chi connectivity index (χ1v) is 5.75. The Hall–Kier alpha value is -1.41. The third kappa shape index (κ3) is 1.93. The first-order chi connectivity index (χ1) is 7.74. The zero-order chi connectivity index (χ0) is 11.5. The third-order valence-electron chi connectivity index (χ3n) is 2.29. The van der Waals surface area contributed by atoms with Crippen molar-refractivity contribution in [2.75, 3.05) is 0 Å². The van der Waals surface area contributed by atoms with Gasteiger partial charge in [0.25, 0.3) is 0 Å². The molecule has 0 atom stereocenters. The van der Waals surface area contributed by atoms with Crippen molar-refractivity contribution >= 4 is 22.6 Å². The molecule has 0 bridgehead atoms. The van der Waals surface area contributed by atoms with E-state index in [4.69, 9.17) is 5.26 Å². The van der Waals surface area contributed by atoms with Gasteiger partial charge in [0, 0.05) is 5.56 Å². The first kappa shape index (κ1) is 11.1. The fourth-order valence-electron chi connectivity index (χ4n) is 1.52. The number of hydrogen-bond acceptors (Lipinski definition) is 1. The highest BCUT2D eigenvalue weighted by Gasteiger charge is 2.12. The Morgan fingerprint density at radius 3 is 2.38 bits per heavy atom. The molecule has 16 heavy (non-hydrogen) atoms. The first-order valence-electron chi connectivity index (χ1n) is 4.67. The number of hydrogen-bond donors (Lipinski definition) is 0. The zero-order valence-electron chi connectivity index (χ0n) is 8.24. The largest absolute Gasteiger partial charge is 0.204 e. The van der Waals surface area contributed by atoms with Crippen molar-refractivity contribution in [2.45, 2.75) is 0 Å². The number of nitriles is 1. The highest BCUT2D eigenvalue weighted by molar-refractivity contribution is 14.1. The van der Waals surface area contributed by atoms with Crippen LogP contribution in [0.25, 0.3) is 11.1 Å². The molecule has 0 N–H and O–H groups in total. The van der Waals surface area contributed by atoms with Gasteiger partial charge in [0.15, 0.2) is 5.82 Å². The van der Waals surface area contributed by atoms with E-state index in [0.717, 1.165) is 5.56 Å². The molecule has 0 saturated carbocycles. The van der Waals surface area contributed by atoms with E-state index < -0.39 is 5.82 Å². The van der Waals surface area contributed by atoms with Crippen LogP contribution in [0.4, 0.5) is 4.39 Å². The van der Waals surface area contributed by atoms with E-state index in [9.17, 15) is 4.39 Å². The molecular weight excluding hydrogens is 316 g/mol. The second kappa shape index (κ2) is 4.62. The van der Waals surface area contributed by atoms with Crippen LogP contribution in [0.3, 0.4) is 0 Å². The molecular formula is C13H7FIN. The van der Waals surface area contributed by atoms with Gasteiger partial charge in [0.2, 0.25) is 0 Å². The van der Waals surface area contributed by atoms with Crippen molar-refractivity contribution in [2.24, 2.45) is 0 Å². The average Bonchev–Trinajstić information content (AvgIpc) is 2.33. The van der Waals surface area contributed by atoms with E-state index in [2.05, 4.69) is 0 Å². The maximum absolute atomic E-state index is 13.7. The van der Waals surface area contributed by atoms with Crippen molar-refractivity contribution < 1.29 is 4.39 Å². The molecule has 0 aliphatic rings. The minimum Gasteiger partial charge on any atom is -0.204 e. The predicted octanol–water partition coefficient (Wildman–Crippen LogP) is 3.97. The van der Waals surface area contributed by atoms with Crippen LogP contribution in [0.2, 0.25) is 0 Å². The molecule has 0 spiro atoms. The zero-order valence-corrected chi connectivity index (χ0v) is 10.4. The standard InChI is InChI=1S/C13H7FIN/c14-13-11(8-16)10(6-7-12(13)15)9-4-2-1-3-5-9/h1-7H. The Labute approximate surface area is 107 Å². The van der Waals surface area contributed by atoms with E-state index in [0.29, 0.717) is 9.13 Å². The molecule has 0 heterocycles. The van der Waals surface area contributed by atoms with Gasteiger partial charge in [-0.15, -0.1) is 0 Å². The summed E-state index contributed by atoms with van der Waals surface area (Å²) in [5.41, 5.74) is 1.61. The van der Waals surface area contributed by atoms with E-state index in [-0.39, 0.29) is 5.56 Å². The summed E-state index contributed by atoms with van der Waals surface area (Å²) in [6, 6.07) is 14.7. The molecule has 2 rings (SSSR count). The van der Waals surface area contributed by atoms with E-state index >= 15 is 0 Å². The summed E-state index contributed by atoms with van der Waals surface area (Å²) in [6.07, 6.45) is 0. The van der Waals surface area contributed by atoms with Gasteiger partial charge in [0.05, 0.1) is 9.13 Å². The molecule has 1 nitrogen and oxygen atoms in total. The highest BCUT2D eigenvalue weighted by atomic mass is 127. The topological polar surface area (TPSA) is 23.8 Å². The van der Waals surface area contributed by atoms with E-state index in [1.165, 1.54) is 0 Å². The molecule has 2 aromatic rings. The SMILES string of the molecule is N#Cc1c(-c2ccccc2)ccc(I)c1F. The lowest BCUT2D eigenvalue weighted by Gasteiger charge is -2.06. The molecule has 0 radical (unpaired) electrons. The monoisotopic (exact) mass is 323 g/mol. The normalized spacial score (nSPS) is 9.81. The van der Waals surface area contributed by atoms with Crippen LogP contribution >= 0.6 is 22.6 Å². The Morgan fingerprint density at radius 2 is 1.75 bits per heavy atom. The number of benzene rings is 2. The van der Waals surface area contributed by atoms with Crippen molar-refractivity contribution in [3.8, 4) is 17.2 Å². The van der Waals surface area contributed by atoms with Gasteiger partial charge in [-0.2, -0.15) is 5.26 Å². The van der Waals surface area contributed by atoms with Gasteiger partial charge < -0.3 is 0 Å². The van der Waals surface area contributed by atoms with Crippen LogP contribution < -0.4 is 0 Å². The summed E-state index contributed by atoms with van der Waals surface area (Å²) in [5.74, 6) is -0.440. The maximum Gasteiger partial charge on any atom is 0.154 e. The second-order valence-electron chi connectivity index (χ2n) is 3.26. The average molecular weight is 323 g/mol. The molecule has 0 aromatic heterocycles. The second-order valence-corrected chi connectivity index (χ2v) is 4.42. The molecule has 0 saturated heterocycles. The van der Waals surface area contributed by atoms with Crippen LogP contribution in [0.1, 0.15) is 5.56 Å². The van der Waals surface area contributed by atoms with Crippen LogP contribution in [-0.2, 0) is 0 Å². The fraction of sp³-hybridized carbons (Fsp3) is 0. The number of nitrogens with zero attached hydrogens (tertiary/aromatic N) is 1.